The maximum Gasteiger partial charge on any atom is 0.243 e. The normalized spacial score (nSPS) is 9.83. The largest absolute Gasteiger partial charge is 0.437 e. The molecule has 0 saturated carbocycles. The molecule has 0 radical (unpaired) electrons. The molecule has 5 nitrogen and oxygen atoms in total. The Balaban J connectivity index is 2.39. The van der Waals surface area contributed by atoms with Gasteiger partial charge in [-0.25, -0.2) is 4.98 Å². The number of nitrogens with two attached hydrogens (primary N) is 1. The molecule has 18 heavy (non-hydrogen) atoms. The molecule has 1 aromatic heterocycles. The van der Waals surface area contributed by atoms with Crippen molar-refractivity contribution < 1.29 is 4.74 Å². The predicted octanol–water partition coefficient (Wildman–Crippen LogP) is 2.68. The number of hydrogen-bond acceptors (Lipinski definition) is 5. The zero-order valence-electron chi connectivity index (χ0n) is 9.51. The molecule has 0 bridgehead atoms. The maximum absolute atomic E-state index is 8.84. The first-order chi connectivity index (χ1) is 8.60. The van der Waals surface area contributed by atoms with Gasteiger partial charge in [0.1, 0.15) is 10.8 Å². The molecule has 0 amide bonds. The van der Waals surface area contributed by atoms with Gasteiger partial charge in [-0.15, -0.1) is 0 Å². The highest BCUT2D eigenvalue weighted by atomic mass is 35.5. The molecule has 0 unspecified atom stereocenters. The molecule has 2 aromatic rings. The summed E-state index contributed by atoms with van der Waals surface area (Å²) in [6.45, 7) is 1.86. The van der Waals surface area contributed by atoms with E-state index in [-0.39, 0.29) is 16.9 Å². The minimum atomic E-state index is 0.0727. The molecule has 2 rings (SSSR count). The summed E-state index contributed by atoms with van der Waals surface area (Å²) >= 11 is 5.90. The maximum atomic E-state index is 8.84. The van der Waals surface area contributed by atoms with Gasteiger partial charge in [0, 0.05) is 0 Å². The van der Waals surface area contributed by atoms with E-state index in [1.54, 1.807) is 18.2 Å². The van der Waals surface area contributed by atoms with Crippen LogP contribution in [0.15, 0.2) is 24.4 Å². The monoisotopic (exact) mass is 260 g/mol. The van der Waals surface area contributed by atoms with E-state index in [9.17, 15) is 0 Å². The Hall–Kier alpha value is -2.32. The molecule has 0 aliphatic heterocycles. The van der Waals surface area contributed by atoms with Crippen molar-refractivity contribution in [2.75, 3.05) is 5.73 Å². The lowest BCUT2D eigenvalue weighted by Crippen LogP contribution is -1.98. The van der Waals surface area contributed by atoms with E-state index in [1.807, 2.05) is 13.0 Å². The second-order valence-electron chi connectivity index (χ2n) is 3.58. The van der Waals surface area contributed by atoms with Gasteiger partial charge in [-0.3, -0.25) is 0 Å². The van der Waals surface area contributed by atoms with E-state index in [1.165, 1.54) is 6.20 Å². The average molecular weight is 261 g/mol. The third-order valence-corrected chi connectivity index (χ3v) is 2.51. The Morgan fingerprint density at radius 3 is 2.94 bits per heavy atom. The smallest absolute Gasteiger partial charge is 0.243 e. The lowest BCUT2D eigenvalue weighted by molar-refractivity contribution is 0.459. The minimum absolute atomic E-state index is 0.0727. The second-order valence-corrected chi connectivity index (χ2v) is 3.98. The van der Waals surface area contributed by atoms with Crippen molar-refractivity contribution in [3.63, 3.8) is 0 Å². The van der Waals surface area contributed by atoms with E-state index < -0.39 is 0 Å². The molecule has 0 saturated heterocycles. The lowest BCUT2D eigenvalue weighted by Gasteiger charge is -2.09. The number of aryl methyl sites for hydroxylation is 1. The minimum Gasteiger partial charge on any atom is -0.437 e. The van der Waals surface area contributed by atoms with Crippen molar-refractivity contribution in [1.82, 2.24) is 9.97 Å². The molecule has 0 aliphatic rings. The zero-order valence-corrected chi connectivity index (χ0v) is 10.3. The molecule has 1 aromatic carbocycles. The number of aromatic nitrogens is 2. The molecule has 2 N–H and O–H groups in total. The van der Waals surface area contributed by atoms with Crippen LogP contribution in [0.1, 0.15) is 11.1 Å². The number of hydrogen-bond donors (Lipinski definition) is 1. The molecule has 0 fully saturated rings. The van der Waals surface area contributed by atoms with Gasteiger partial charge in [0.05, 0.1) is 17.8 Å². The fourth-order valence-corrected chi connectivity index (χ4v) is 1.45. The van der Waals surface area contributed by atoms with Crippen molar-refractivity contribution in [1.29, 1.82) is 5.26 Å². The van der Waals surface area contributed by atoms with Crippen molar-refractivity contribution in [2.45, 2.75) is 6.92 Å². The fraction of sp³-hybridized carbons (Fsp3) is 0.0833. The Labute approximate surface area is 109 Å². The molecule has 0 aliphatic carbocycles. The molecule has 6 heteroatoms. The van der Waals surface area contributed by atoms with Crippen LogP contribution in [0.4, 0.5) is 5.95 Å². The van der Waals surface area contributed by atoms with Crippen LogP contribution in [0, 0.1) is 18.3 Å². The predicted molar refractivity (Wildman–Crippen MR) is 67.4 cm³/mol. The summed E-state index contributed by atoms with van der Waals surface area (Å²) in [6, 6.07) is 7.14. The summed E-state index contributed by atoms with van der Waals surface area (Å²) in [7, 11) is 0. The molecule has 90 valence electrons. The number of ether oxygens (including phenoxy) is 1. The zero-order chi connectivity index (χ0) is 13.1. The quantitative estimate of drug-likeness (QED) is 0.897. The summed E-state index contributed by atoms with van der Waals surface area (Å²) in [6.07, 6.45) is 1.36. The molecule has 1 heterocycles. The van der Waals surface area contributed by atoms with Crippen molar-refractivity contribution in [3.05, 3.63) is 40.5 Å². The van der Waals surface area contributed by atoms with Gasteiger partial charge in [-0.2, -0.15) is 10.2 Å². The summed E-state index contributed by atoms with van der Waals surface area (Å²) in [4.78, 5) is 7.63. The first kappa shape index (κ1) is 12.1. The van der Waals surface area contributed by atoms with Gasteiger partial charge < -0.3 is 10.5 Å². The van der Waals surface area contributed by atoms with Crippen molar-refractivity contribution in [2.24, 2.45) is 0 Å². The van der Waals surface area contributed by atoms with Gasteiger partial charge in [0.25, 0.3) is 0 Å². The van der Waals surface area contributed by atoms with Gasteiger partial charge in [0.15, 0.2) is 0 Å². The highest BCUT2D eigenvalue weighted by Crippen LogP contribution is 2.29. The number of nitriles is 1. The third-order valence-electron chi connectivity index (χ3n) is 2.25. The molecular weight excluding hydrogens is 252 g/mol. The molecule has 0 atom stereocenters. The Kier molecular flexibility index (Phi) is 3.31. The highest BCUT2D eigenvalue weighted by Gasteiger charge is 2.09. The van der Waals surface area contributed by atoms with E-state index in [0.29, 0.717) is 11.3 Å². The van der Waals surface area contributed by atoms with Gasteiger partial charge in [-0.05, 0) is 24.6 Å². The average Bonchev–Trinajstić information content (AvgIpc) is 2.36. The van der Waals surface area contributed by atoms with E-state index in [2.05, 4.69) is 9.97 Å². The Morgan fingerprint density at radius 2 is 2.22 bits per heavy atom. The van der Waals surface area contributed by atoms with Crippen LogP contribution in [-0.4, -0.2) is 9.97 Å². The number of nitrogen functional groups attached to an aromatic ring is 1. The van der Waals surface area contributed by atoms with Gasteiger partial charge in [0.2, 0.25) is 11.8 Å². The van der Waals surface area contributed by atoms with E-state index >= 15 is 0 Å². The van der Waals surface area contributed by atoms with Crippen LogP contribution in [0.3, 0.4) is 0 Å². The van der Waals surface area contributed by atoms with Crippen molar-refractivity contribution in [3.8, 4) is 17.7 Å². The van der Waals surface area contributed by atoms with E-state index in [4.69, 9.17) is 27.3 Å². The first-order valence-corrected chi connectivity index (χ1v) is 5.44. The van der Waals surface area contributed by atoms with Crippen LogP contribution in [0.25, 0.3) is 0 Å². The van der Waals surface area contributed by atoms with E-state index in [0.717, 1.165) is 5.56 Å². The highest BCUT2D eigenvalue weighted by molar-refractivity contribution is 6.31. The van der Waals surface area contributed by atoms with Crippen LogP contribution < -0.4 is 10.5 Å². The SMILES string of the molecule is Cc1ccc(C#N)cc1Oc1nc(N)ncc1Cl. The number of benzene rings is 1. The van der Waals surface area contributed by atoms with Crippen molar-refractivity contribution >= 4 is 17.5 Å². The molecule has 0 spiro atoms. The number of anilines is 1. The number of halogens is 1. The second kappa shape index (κ2) is 4.90. The van der Waals surface area contributed by atoms with Crippen LogP contribution >= 0.6 is 11.6 Å². The van der Waals surface area contributed by atoms with Crippen LogP contribution in [0.2, 0.25) is 5.02 Å². The topological polar surface area (TPSA) is 84.8 Å². The number of rotatable bonds is 2. The van der Waals surface area contributed by atoms with Crippen LogP contribution in [-0.2, 0) is 0 Å². The summed E-state index contributed by atoms with van der Waals surface area (Å²) < 4.78 is 5.55. The van der Waals surface area contributed by atoms with Gasteiger partial charge in [-0.1, -0.05) is 17.7 Å². The van der Waals surface area contributed by atoms with Gasteiger partial charge >= 0.3 is 0 Å². The standard InChI is InChI=1S/C12H9ClN4O/c1-7-2-3-8(5-14)4-10(7)18-11-9(13)6-16-12(15)17-11/h2-4,6H,1H3,(H2,15,16,17). The molecular formula is C12H9ClN4O. The summed E-state index contributed by atoms with van der Waals surface area (Å²) in [5, 5.41) is 9.10. The summed E-state index contributed by atoms with van der Waals surface area (Å²) in [5.41, 5.74) is 6.82. The lowest BCUT2D eigenvalue weighted by atomic mass is 10.1. The fourth-order valence-electron chi connectivity index (χ4n) is 1.32. The Morgan fingerprint density at radius 1 is 1.44 bits per heavy atom. The van der Waals surface area contributed by atoms with Crippen LogP contribution in [0.5, 0.6) is 11.6 Å². The number of nitrogens with zero attached hydrogens (tertiary/aromatic N) is 3. The Bertz CT molecular complexity index is 636. The first-order valence-electron chi connectivity index (χ1n) is 5.07. The third kappa shape index (κ3) is 2.50. The summed E-state index contributed by atoms with van der Waals surface area (Å²) in [5.74, 6) is 0.750.